The number of benzene rings is 1. The quantitative estimate of drug-likeness (QED) is 0.595. The summed E-state index contributed by atoms with van der Waals surface area (Å²) < 4.78 is 16.3. The summed E-state index contributed by atoms with van der Waals surface area (Å²) in [6.07, 6.45) is 1.63. The molecule has 7 heteroatoms. The van der Waals surface area contributed by atoms with E-state index in [1.165, 1.54) is 0 Å². The lowest BCUT2D eigenvalue weighted by atomic mass is 10.1. The Morgan fingerprint density at radius 3 is 2.43 bits per heavy atom. The molecule has 0 spiro atoms. The Balaban J connectivity index is 2.03. The first-order valence-corrected chi connectivity index (χ1v) is 8.93. The molecule has 7 nitrogen and oxygen atoms in total. The fourth-order valence-corrected chi connectivity index (χ4v) is 2.57. The van der Waals surface area contributed by atoms with Crippen molar-refractivity contribution in [1.82, 2.24) is 9.97 Å². The minimum atomic E-state index is -0.234. The van der Waals surface area contributed by atoms with Gasteiger partial charge < -0.3 is 19.0 Å². The number of oxazole rings is 1. The van der Waals surface area contributed by atoms with E-state index in [4.69, 9.17) is 19.0 Å². The summed E-state index contributed by atoms with van der Waals surface area (Å²) in [4.78, 5) is 21.1. The van der Waals surface area contributed by atoms with Crippen LogP contribution in [0.4, 0.5) is 0 Å². The Kier molecular flexibility index (Phi) is 6.06. The van der Waals surface area contributed by atoms with Crippen molar-refractivity contribution < 1.29 is 23.8 Å². The van der Waals surface area contributed by atoms with Crippen LogP contribution in [0.3, 0.4) is 0 Å². The average Bonchev–Trinajstić information content (AvgIpc) is 3.17. The highest BCUT2D eigenvalue weighted by Crippen LogP contribution is 2.34. The minimum Gasteiger partial charge on any atom is -0.491 e. The van der Waals surface area contributed by atoms with Crippen LogP contribution in [0.5, 0.6) is 11.6 Å². The maximum absolute atomic E-state index is 12.4. The summed E-state index contributed by atoms with van der Waals surface area (Å²) in [5.41, 5.74) is 1.99. The van der Waals surface area contributed by atoms with Gasteiger partial charge in [-0.25, -0.2) is 9.97 Å². The number of pyridine rings is 1. The first kappa shape index (κ1) is 19.6. The van der Waals surface area contributed by atoms with Gasteiger partial charge in [0.15, 0.2) is 5.76 Å². The van der Waals surface area contributed by atoms with E-state index in [9.17, 15) is 4.79 Å². The van der Waals surface area contributed by atoms with Gasteiger partial charge in [0.25, 0.3) is 5.89 Å². The summed E-state index contributed by atoms with van der Waals surface area (Å²) in [6, 6.07) is 10.7. The molecule has 0 unspecified atom stereocenters. The van der Waals surface area contributed by atoms with E-state index < -0.39 is 0 Å². The van der Waals surface area contributed by atoms with Gasteiger partial charge in [-0.15, -0.1) is 0 Å². The zero-order valence-corrected chi connectivity index (χ0v) is 16.0. The third-order valence-corrected chi connectivity index (χ3v) is 4.06. The van der Waals surface area contributed by atoms with Gasteiger partial charge in [-0.05, 0) is 30.3 Å². The third kappa shape index (κ3) is 4.20. The molecule has 0 aliphatic carbocycles. The van der Waals surface area contributed by atoms with E-state index in [2.05, 4.69) is 9.97 Å². The number of aromatic nitrogens is 2. The van der Waals surface area contributed by atoms with Crippen molar-refractivity contribution in [2.45, 2.75) is 13.8 Å². The van der Waals surface area contributed by atoms with Gasteiger partial charge in [0.1, 0.15) is 18.1 Å². The van der Waals surface area contributed by atoms with Crippen LogP contribution in [-0.4, -0.2) is 41.2 Å². The summed E-state index contributed by atoms with van der Waals surface area (Å²) in [5, 5.41) is 8.86. The molecule has 3 aromatic rings. The Labute approximate surface area is 163 Å². The number of nitrogens with zero attached hydrogens (tertiary/aromatic N) is 2. The Morgan fingerprint density at radius 2 is 1.86 bits per heavy atom. The second-order valence-corrected chi connectivity index (χ2v) is 6.40. The Bertz CT molecular complexity index is 930. The molecule has 0 aliphatic rings. The van der Waals surface area contributed by atoms with Crippen LogP contribution >= 0.6 is 0 Å². The predicted molar refractivity (Wildman–Crippen MR) is 103 cm³/mol. The molecule has 2 aromatic heterocycles. The van der Waals surface area contributed by atoms with Crippen LogP contribution in [0.15, 0.2) is 47.0 Å². The van der Waals surface area contributed by atoms with Crippen molar-refractivity contribution in [1.29, 1.82) is 0 Å². The van der Waals surface area contributed by atoms with E-state index in [1.807, 2.05) is 18.2 Å². The zero-order valence-electron chi connectivity index (χ0n) is 16.0. The molecule has 146 valence electrons. The molecule has 0 atom stereocenters. The van der Waals surface area contributed by atoms with Gasteiger partial charge in [0.05, 0.1) is 13.7 Å². The normalized spacial score (nSPS) is 10.9. The zero-order chi connectivity index (χ0) is 20.1. The second-order valence-electron chi connectivity index (χ2n) is 6.40. The van der Waals surface area contributed by atoms with Crippen molar-refractivity contribution >= 4 is 5.78 Å². The number of aliphatic hydroxyl groups excluding tert-OH is 1. The topological polar surface area (TPSA) is 94.7 Å². The summed E-state index contributed by atoms with van der Waals surface area (Å²) in [6.45, 7) is 3.76. The molecule has 1 aromatic carbocycles. The maximum Gasteiger partial charge on any atom is 0.264 e. The molecule has 0 saturated carbocycles. The van der Waals surface area contributed by atoms with Crippen molar-refractivity contribution in [3.63, 3.8) is 0 Å². The molecule has 0 radical (unpaired) electrons. The summed E-state index contributed by atoms with van der Waals surface area (Å²) in [7, 11) is 1.55. The van der Waals surface area contributed by atoms with E-state index in [0.717, 1.165) is 5.56 Å². The van der Waals surface area contributed by atoms with Crippen LogP contribution in [-0.2, 0) is 0 Å². The molecule has 0 bridgehead atoms. The molecular weight excluding hydrogens is 360 g/mol. The third-order valence-electron chi connectivity index (χ3n) is 4.06. The second kappa shape index (κ2) is 8.67. The van der Waals surface area contributed by atoms with Crippen molar-refractivity contribution in [3.8, 4) is 34.2 Å². The van der Waals surface area contributed by atoms with Gasteiger partial charge in [-0.2, -0.15) is 0 Å². The monoisotopic (exact) mass is 382 g/mol. The first-order valence-electron chi connectivity index (χ1n) is 8.93. The minimum absolute atomic E-state index is 0.0564. The number of hydrogen-bond acceptors (Lipinski definition) is 7. The van der Waals surface area contributed by atoms with E-state index in [0.29, 0.717) is 28.6 Å². The standard InChI is InChI=1S/C21H22N2O5/c1-13(2)19(25)21-23-18(15-6-9-17(26-3)22-12-15)20(28-21)14-4-7-16(8-5-14)27-11-10-24/h4-9,12-13,24H,10-11H2,1-3H3. The number of methoxy groups -OCH3 is 1. The van der Waals surface area contributed by atoms with Gasteiger partial charge in [0.2, 0.25) is 11.7 Å². The van der Waals surface area contributed by atoms with Gasteiger partial charge >= 0.3 is 0 Å². The lowest BCUT2D eigenvalue weighted by molar-refractivity contribution is 0.0905. The molecular formula is C21H22N2O5. The molecule has 0 amide bonds. The molecule has 2 heterocycles. The Hall–Kier alpha value is -3.19. The van der Waals surface area contributed by atoms with E-state index in [-0.39, 0.29) is 30.8 Å². The Morgan fingerprint density at radius 1 is 1.14 bits per heavy atom. The number of ketones is 1. The molecule has 0 saturated heterocycles. The fourth-order valence-electron chi connectivity index (χ4n) is 2.57. The van der Waals surface area contributed by atoms with Crippen LogP contribution in [0.1, 0.15) is 24.5 Å². The van der Waals surface area contributed by atoms with Crippen LogP contribution in [0, 0.1) is 5.92 Å². The van der Waals surface area contributed by atoms with Crippen molar-refractivity contribution in [2.24, 2.45) is 5.92 Å². The maximum atomic E-state index is 12.4. The van der Waals surface area contributed by atoms with Crippen LogP contribution < -0.4 is 9.47 Å². The van der Waals surface area contributed by atoms with Crippen LogP contribution in [0.2, 0.25) is 0 Å². The number of hydrogen-bond donors (Lipinski definition) is 1. The van der Waals surface area contributed by atoms with Gasteiger partial charge in [-0.1, -0.05) is 13.8 Å². The lowest BCUT2D eigenvalue weighted by Crippen LogP contribution is -2.07. The number of carbonyl (C=O) groups excluding carboxylic acids is 1. The SMILES string of the molecule is COc1ccc(-c2nc(C(=O)C(C)C)oc2-c2ccc(OCCO)cc2)cn1. The van der Waals surface area contributed by atoms with E-state index >= 15 is 0 Å². The number of aliphatic hydroxyl groups is 1. The number of rotatable bonds is 8. The van der Waals surface area contributed by atoms with Crippen molar-refractivity contribution in [3.05, 3.63) is 48.5 Å². The molecule has 28 heavy (non-hydrogen) atoms. The average molecular weight is 382 g/mol. The lowest BCUT2D eigenvalue weighted by Gasteiger charge is -2.06. The highest BCUT2D eigenvalue weighted by atomic mass is 16.5. The number of ether oxygens (including phenoxy) is 2. The fraction of sp³-hybridized carbons (Fsp3) is 0.286. The largest absolute Gasteiger partial charge is 0.491 e. The van der Waals surface area contributed by atoms with Crippen molar-refractivity contribution in [2.75, 3.05) is 20.3 Å². The smallest absolute Gasteiger partial charge is 0.264 e. The van der Waals surface area contributed by atoms with Gasteiger partial charge in [-0.3, -0.25) is 4.79 Å². The molecule has 0 aliphatic heterocycles. The number of Topliss-reactive ketones (excluding diaryl/α,β-unsaturated/α-hetero) is 1. The molecule has 3 rings (SSSR count). The summed E-state index contributed by atoms with van der Waals surface area (Å²) >= 11 is 0. The predicted octanol–water partition coefficient (Wildman–Crippen LogP) is 3.62. The molecule has 1 N–H and O–H groups in total. The highest BCUT2D eigenvalue weighted by Gasteiger charge is 2.23. The summed E-state index contributed by atoms with van der Waals surface area (Å²) in [5.74, 6) is 1.25. The van der Waals surface area contributed by atoms with Crippen LogP contribution in [0.25, 0.3) is 22.6 Å². The van der Waals surface area contributed by atoms with E-state index in [1.54, 1.807) is 45.4 Å². The highest BCUT2D eigenvalue weighted by molar-refractivity contribution is 5.95. The molecule has 0 fully saturated rings. The van der Waals surface area contributed by atoms with Gasteiger partial charge in [0, 0.05) is 29.3 Å². The first-order chi connectivity index (χ1) is 13.5. The number of carbonyl (C=O) groups is 1.